The van der Waals surface area contributed by atoms with Gasteiger partial charge in [0.1, 0.15) is 11.2 Å². The summed E-state index contributed by atoms with van der Waals surface area (Å²) in [6.07, 6.45) is 1.69. The lowest BCUT2D eigenvalue weighted by molar-refractivity contribution is 0.102. The number of rotatable bonds is 2. The van der Waals surface area contributed by atoms with E-state index in [4.69, 9.17) is 11.6 Å². The molecule has 1 amide bonds. The molecule has 6 nitrogen and oxygen atoms in total. The maximum absolute atomic E-state index is 12.4. The molecule has 4 aromatic rings. The summed E-state index contributed by atoms with van der Waals surface area (Å²) in [5, 5.41) is 19.0. The number of halogens is 1. The van der Waals surface area contributed by atoms with Crippen molar-refractivity contribution in [3.8, 4) is 0 Å². The van der Waals surface area contributed by atoms with Gasteiger partial charge in [0.2, 0.25) is 0 Å². The van der Waals surface area contributed by atoms with Crippen LogP contribution in [0.5, 0.6) is 0 Å². The predicted molar refractivity (Wildman–Crippen MR) is 85.2 cm³/mol. The summed E-state index contributed by atoms with van der Waals surface area (Å²) in [6, 6.07) is 10.6. The Morgan fingerprint density at radius 1 is 1.05 bits per heavy atom. The van der Waals surface area contributed by atoms with Gasteiger partial charge in [-0.2, -0.15) is 10.2 Å². The number of nitrogens with zero attached hydrogens (tertiary/aromatic N) is 2. The number of fused-ring (bicyclic) bond motifs is 3. The normalized spacial score (nSPS) is 11.1. The molecular weight excluding hydrogens is 302 g/mol. The Labute approximate surface area is 129 Å². The smallest absolute Gasteiger partial charge is 0.274 e. The van der Waals surface area contributed by atoms with E-state index in [2.05, 4.69) is 25.7 Å². The van der Waals surface area contributed by atoms with Crippen LogP contribution in [0.2, 0.25) is 5.02 Å². The topological polar surface area (TPSA) is 86.5 Å². The molecule has 0 aliphatic carbocycles. The molecule has 22 heavy (non-hydrogen) atoms. The molecule has 7 heteroatoms. The molecule has 0 radical (unpaired) electrons. The number of nitrogens with one attached hydrogen (secondary N) is 3. The maximum atomic E-state index is 12.4. The zero-order valence-corrected chi connectivity index (χ0v) is 12.0. The van der Waals surface area contributed by atoms with Crippen molar-refractivity contribution in [3.63, 3.8) is 0 Å². The van der Waals surface area contributed by atoms with Crippen molar-refractivity contribution in [3.05, 3.63) is 53.3 Å². The lowest BCUT2D eigenvalue weighted by Crippen LogP contribution is -2.12. The molecule has 0 bridgehead atoms. The van der Waals surface area contributed by atoms with Crippen LogP contribution in [0.1, 0.15) is 10.5 Å². The lowest BCUT2D eigenvalue weighted by Gasteiger charge is -2.03. The van der Waals surface area contributed by atoms with E-state index in [0.717, 1.165) is 16.3 Å². The van der Waals surface area contributed by atoms with Gasteiger partial charge in [-0.25, -0.2) is 0 Å². The Morgan fingerprint density at radius 3 is 2.68 bits per heavy atom. The van der Waals surface area contributed by atoms with Crippen LogP contribution in [-0.4, -0.2) is 26.3 Å². The molecular formula is C15H10ClN5O. The molecule has 3 N–H and O–H groups in total. The van der Waals surface area contributed by atoms with Gasteiger partial charge in [0.25, 0.3) is 5.91 Å². The van der Waals surface area contributed by atoms with E-state index in [1.807, 2.05) is 12.1 Å². The molecule has 0 unspecified atom stereocenters. The predicted octanol–water partition coefficient (Wildman–Crippen LogP) is 3.34. The molecule has 2 aromatic carbocycles. The second-order valence-corrected chi connectivity index (χ2v) is 5.29. The van der Waals surface area contributed by atoms with Gasteiger partial charge in [-0.15, -0.1) is 0 Å². The van der Waals surface area contributed by atoms with Crippen molar-refractivity contribution >= 4 is 45.0 Å². The van der Waals surface area contributed by atoms with Crippen LogP contribution in [0.4, 0.5) is 5.69 Å². The van der Waals surface area contributed by atoms with Gasteiger partial charge in [0, 0.05) is 21.5 Å². The Morgan fingerprint density at radius 2 is 1.86 bits per heavy atom. The van der Waals surface area contributed by atoms with Gasteiger partial charge in [-0.1, -0.05) is 11.6 Å². The number of anilines is 1. The lowest BCUT2D eigenvalue weighted by atomic mass is 10.1. The summed E-state index contributed by atoms with van der Waals surface area (Å²) in [6.45, 7) is 0. The van der Waals surface area contributed by atoms with Crippen molar-refractivity contribution in [2.75, 3.05) is 5.32 Å². The van der Waals surface area contributed by atoms with Gasteiger partial charge in [-0.05, 0) is 36.4 Å². The van der Waals surface area contributed by atoms with E-state index in [1.54, 1.807) is 30.5 Å². The quantitative estimate of drug-likeness (QED) is 0.530. The first-order valence-corrected chi connectivity index (χ1v) is 6.97. The molecule has 4 rings (SSSR count). The standard InChI is InChI=1S/C15H10ClN5O/c16-8-1-3-9(4-2-8)18-15(22)14-10-5-6-12-11(7-17-19-12)13(10)20-21-14/h1-7H,(H,17,19)(H,18,22)(H,20,21). The molecule has 108 valence electrons. The van der Waals surface area contributed by atoms with E-state index in [-0.39, 0.29) is 5.91 Å². The summed E-state index contributed by atoms with van der Waals surface area (Å²) >= 11 is 5.83. The summed E-state index contributed by atoms with van der Waals surface area (Å²) in [7, 11) is 0. The fourth-order valence-electron chi connectivity index (χ4n) is 2.40. The first kappa shape index (κ1) is 12.8. The minimum absolute atomic E-state index is 0.257. The fraction of sp³-hybridized carbons (Fsp3) is 0. The molecule has 0 saturated heterocycles. The van der Waals surface area contributed by atoms with E-state index in [1.165, 1.54) is 0 Å². The molecule has 0 aliphatic heterocycles. The number of benzene rings is 2. The van der Waals surface area contributed by atoms with Crippen LogP contribution in [0.3, 0.4) is 0 Å². The van der Waals surface area contributed by atoms with Gasteiger partial charge < -0.3 is 5.32 Å². The number of amides is 1. The summed E-state index contributed by atoms with van der Waals surface area (Å²) in [5.74, 6) is -0.257. The number of H-pyrrole nitrogens is 2. The van der Waals surface area contributed by atoms with E-state index in [9.17, 15) is 4.79 Å². The first-order valence-electron chi connectivity index (χ1n) is 6.59. The number of aromatic nitrogens is 4. The molecule has 0 fully saturated rings. The van der Waals surface area contributed by atoms with Crippen LogP contribution in [0, 0.1) is 0 Å². The van der Waals surface area contributed by atoms with Gasteiger partial charge >= 0.3 is 0 Å². The van der Waals surface area contributed by atoms with Crippen LogP contribution < -0.4 is 5.32 Å². The number of hydrogen-bond acceptors (Lipinski definition) is 3. The summed E-state index contributed by atoms with van der Waals surface area (Å²) < 4.78 is 0. The van der Waals surface area contributed by atoms with Crippen LogP contribution in [0.25, 0.3) is 21.8 Å². The minimum atomic E-state index is -0.257. The Hall–Kier alpha value is -2.86. The second kappa shape index (κ2) is 4.85. The van der Waals surface area contributed by atoms with Crippen LogP contribution >= 0.6 is 11.6 Å². The third-order valence-electron chi connectivity index (χ3n) is 3.47. The maximum Gasteiger partial charge on any atom is 0.274 e. The highest BCUT2D eigenvalue weighted by atomic mass is 35.5. The zero-order valence-electron chi connectivity index (χ0n) is 11.2. The van der Waals surface area contributed by atoms with Crippen molar-refractivity contribution in [2.45, 2.75) is 0 Å². The van der Waals surface area contributed by atoms with Crippen molar-refractivity contribution in [1.29, 1.82) is 0 Å². The molecule has 0 aliphatic rings. The molecule has 0 saturated carbocycles. The average Bonchev–Trinajstić information content (AvgIpc) is 3.14. The summed E-state index contributed by atoms with van der Waals surface area (Å²) in [5.41, 5.74) is 2.67. The van der Waals surface area contributed by atoms with E-state index < -0.39 is 0 Å². The van der Waals surface area contributed by atoms with Crippen LogP contribution in [-0.2, 0) is 0 Å². The first-order chi connectivity index (χ1) is 10.7. The van der Waals surface area contributed by atoms with E-state index >= 15 is 0 Å². The highest BCUT2D eigenvalue weighted by molar-refractivity contribution is 6.30. The average molecular weight is 312 g/mol. The number of hydrogen-bond donors (Lipinski definition) is 3. The molecule has 2 aromatic heterocycles. The van der Waals surface area contributed by atoms with Gasteiger partial charge in [-0.3, -0.25) is 15.0 Å². The third-order valence-corrected chi connectivity index (χ3v) is 3.73. The SMILES string of the molecule is O=C(Nc1ccc(Cl)cc1)c1[nH]nc2c1ccc1[nH]ncc12. The monoisotopic (exact) mass is 311 g/mol. The molecule has 0 spiro atoms. The number of carbonyl (C=O) groups is 1. The van der Waals surface area contributed by atoms with Crippen molar-refractivity contribution < 1.29 is 4.79 Å². The third kappa shape index (κ3) is 2.01. The minimum Gasteiger partial charge on any atom is -0.321 e. The second-order valence-electron chi connectivity index (χ2n) is 4.85. The Bertz CT molecular complexity index is 986. The highest BCUT2D eigenvalue weighted by Crippen LogP contribution is 2.25. The van der Waals surface area contributed by atoms with Crippen molar-refractivity contribution in [2.24, 2.45) is 0 Å². The fourth-order valence-corrected chi connectivity index (χ4v) is 2.52. The Balaban J connectivity index is 1.73. The van der Waals surface area contributed by atoms with Crippen LogP contribution in [0.15, 0.2) is 42.6 Å². The zero-order chi connectivity index (χ0) is 15.1. The summed E-state index contributed by atoms with van der Waals surface area (Å²) in [4.78, 5) is 12.4. The van der Waals surface area contributed by atoms with E-state index in [0.29, 0.717) is 21.9 Å². The molecule has 2 heterocycles. The highest BCUT2D eigenvalue weighted by Gasteiger charge is 2.15. The molecule has 0 atom stereocenters. The largest absolute Gasteiger partial charge is 0.321 e. The Kier molecular flexibility index (Phi) is 2.83. The number of aromatic amines is 2. The van der Waals surface area contributed by atoms with Gasteiger partial charge in [0.15, 0.2) is 0 Å². The van der Waals surface area contributed by atoms with Crippen molar-refractivity contribution in [1.82, 2.24) is 20.4 Å². The number of carbonyl (C=O) groups excluding carboxylic acids is 1. The van der Waals surface area contributed by atoms with Gasteiger partial charge in [0.05, 0.1) is 11.7 Å².